The van der Waals surface area contributed by atoms with E-state index in [1.54, 1.807) is 23.9 Å². The van der Waals surface area contributed by atoms with Gasteiger partial charge in [0.2, 0.25) is 17.6 Å². The molecule has 0 bridgehead atoms. The minimum Gasteiger partial charge on any atom is -0.381 e. The van der Waals surface area contributed by atoms with Gasteiger partial charge in [-0.05, 0) is 37.5 Å². The maximum atomic E-state index is 14.7. The number of halogens is 5. The van der Waals surface area contributed by atoms with Crippen molar-refractivity contribution in [2.45, 2.75) is 37.5 Å². The second kappa shape index (κ2) is 10.8. The van der Waals surface area contributed by atoms with Crippen molar-refractivity contribution < 1.29 is 27.2 Å². The van der Waals surface area contributed by atoms with Crippen LogP contribution in [-0.2, 0) is 15.8 Å². The van der Waals surface area contributed by atoms with Gasteiger partial charge in [0.05, 0.1) is 17.5 Å². The van der Waals surface area contributed by atoms with E-state index < -0.39 is 35.6 Å². The van der Waals surface area contributed by atoms with E-state index in [2.05, 4.69) is 15.3 Å². The largest absolute Gasteiger partial charge is 0.416 e. The van der Waals surface area contributed by atoms with Crippen LogP contribution in [0.15, 0.2) is 24.5 Å². The van der Waals surface area contributed by atoms with Gasteiger partial charge in [-0.2, -0.15) is 17.6 Å². The lowest BCUT2D eigenvalue weighted by atomic mass is 9.87. The summed E-state index contributed by atoms with van der Waals surface area (Å²) in [4.78, 5) is 39.0. The monoisotopic (exact) mass is 557 g/mol. The topological polar surface area (TPSA) is 108 Å². The van der Waals surface area contributed by atoms with Gasteiger partial charge in [-0.3, -0.25) is 9.59 Å². The predicted molar refractivity (Wildman–Crippen MR) is 134 cm³/mol. The minimum atomic E-state index is -4.60. The molecule has 0 saturated carbocycles. The number of alkyl halides is 3. The molecule has 0 spiro atoms. The minimum absolute atomic E-state index is 0.0176. The molecule has 1 aromatic carbocycles. The fourth-order valence-corrected chi connectivity index (χ4v) is 5.29. The molecule has 1 unspecified atom stereocenters. The molecular weight excluding hydrogens is 530 g/mol. The van der Waals surface area contributed by atoms with Crippen molar-refractivity contribution in [2.24, 2.45) is 5.92 Å². The Kier molecular flexibility index (Phi) is 7.86. The average Bonchev–Trinajstić information content (AvgIpc) is 2.85. The third-order valence-corrected chi connectivity index (χ3v) is 7.10. The van der Waals surface area contributed by atoms with E-state index in [0.29, 0.717) is 32.4 Å². The number of nitrogens with one attached hydrogen (secondary N) is 1. The number of nitrogens with two attached hydrogens (primary N) is 1. The van der Waals surface area contributed by atoms with Crippen LogP contribution in [0, 0.1) is 11.7 Å². The first-order valence-corrected chi connectivity index (χ1v) is 12.4. The Morgan fingerprint density at radius 2 is 1.92 bits per heavy atom. The number of amides is 2. The van der Waals surface area contributed by atoms with Crippen LogP contribution in [0.5, 0.6) is 0 Å². The van der Waals surface area contributed by atoms with Crippen LogP contribution in [0.25, 0.3) is 0 Å². The summed E-state index contributed by atoms with van der Waals surface area (Å²) in [6.45, 7) is 0.760. The first-order valence-electron chi connectivity index (χ1n) is 12.0. The van der Waals surface area contributed by atoms with Crippen molar-refractivity contribution in [3.63, 3.8) is 0 Å². The Morgan fingerprint density at radius 1 is 1.18 bits per heavy atom. The Balaban J connectivity index is 1.61. The second-order valence-corrected chi connectivity index (χ2v) is 10.1. The maximum Gasteiger partial charge on any atom is 0.416 e. The number of carbonyl (C=O) groups excluding carboxylic acids is 2. The highest BCUT2D eigenvalue weighted by molar-refractivity contribution is 6.31. The summed E-state index contributed by atoms with van der Waals surface area (Å²) in [6, 6.07) is 1.58. The lowest BCUT2D eigenvalue weighted by Crippen LogP contribution is -2.62. The summed E-state index contributed by atoms with van der Waals surface area (Å²) in [5.41, 5.74) is 4.75. The number of piperidine rings is 2. The quantitative estimate of drug-likeness (QED) is 0.543. The van der Waals surface area contributed by atoms with Gasteiger partial charge in [-0.25, -0.2) is 9.97 Å². The van der Waals surface area contributed by atoms with Crippen LogP contribution >= 0.6 is 11.6 Å². The third-order valence-electron chi connectivity index (χ3n) is 6.88. The Labute approximate surface area is 221 Å². The molecule has 2 aromatic rings. The molecule has 3 N–H and O–H groups in total. The van der Waals surface area contributed by atoms with E-state index in [0.717, 1.165) is 18.5 Å². The fourth-order valence-electron chi connectivity index (χ4n) is 5.05. The SMILES string of the molecule is CN(C)C(=O)[C@H]1CCN(c2ncnc(N)c2F)CC1N1CCC[C@@H](Nc2cc(Cl)cc(C(F)(F)F)c2)C1=O. The van der Waals surface area contributed by atoms with E-state index in [4.69, 9.17) is 17.3 Å². The van der Waals surface area contributed by atoms with Gasteiger partial charge in [0.25, 0.3) is 0 Å². The highest BCUT2D eigenvalue weighted by Gasteiger charge is 2.44. The van der Waals surface area contributed by atoms with Crippen molar-refractivity contribution in [3.05, 3.63) is 40.9 Å². The number of carbonyl (C=O) groups is 2. The van der Waals surface area contributed by atoms with Gasteiger partial charge in [0.1, 0.15) is 12.4 Å². The van der Waals surface area contributed by atoms with Gasteiger partial charge in [0, 0.05) is 44.4 Å². The van der Waals surface area contributed by atoms with Gasteiger partial charge < -0.3 is 25.8 Å². The molecule has 3 atom stereocenters. The summed E-state index contributed by atoms with van der Waals surface area (Å²) in [5.74, 6) is -2.21. The van der Waals surface area contributed by atoms with Crippen molar-refractivity contribution in [2.75, 3.05) is 49.7 Å². The third kappa shape index (κ3) is 5.71. The summed E-state index contributed by atoms with van der Waals surface area (Å²) < 4.78 is 54.5. The highest BCUT2D eigenvalue weighted by atomic mass is 35.5. The molecule has 0 aliphatic carbocycles. The standard InChI is InChI=1S/C24H28ClF4N7O2/c1-34(2)22(37)16-5-7-35(21-19(26)20(30)31-12-32-21)11-18(16)36-6-3-4-17(23(36)38)33-15-9-13(24(27,28)29)8-14(25)10-15/h8-10,12,16-18,33H,3-7,11H2,1-2H3,(H2,30,31,32)/t16-,17+,18?/m0/s1. The van der Waals surface area contributed by atoms with Gasteiger partial charge in [-0.15, -0.1) is 0 Å². The number of aromatic nitrogens is 2. The molecule has 2 aliphatic heterocycles. The van der Waals surface area contributed by atoms with E-state index >= 15 is 0 Å². The highest BCUT2D eigenvalue weighted by Crippen LogP contribution is 2.35. The molecule has 1 aromatic heterocycles. The second-order valence-electron chi connectivity index (χ2n) is 9.63. The Hall–Kier alpha value is -3.35. The molecule has 38 heavy (non-hydrogen) atoms. The molecule has 2 fully saturated rings. The van der Waals surface area contributed by atoms with Crippen LogP contribution in [0.4, 0.5) is 34.9 Å². The number of likely N-dealkylation sites (tertiary alicyclic amines) is 1. The molecule has 206 valence electrons. The maximum absolute atomic E-state index is 14.7. The molecular formula is C24H28ClF4N7O2. The van der Waals surface area contributed by atoms with Crippen LogP contribution in [0.2, 0.25) is 5.02 Å². The zero-order valence-electron chi connectivity index (χ0n) is 20.8. The van der Waals surface area contributed by atoms with E-state index in [-0.39, 0.29) is 40.7 Å². The molecule has 3 heterocycles. The molecule has 2 aliphatic rings. The van der Waals surface area contributed by atoms with Crippen LogP contribution in [0.1, 0.15) is 24.8 Å². The summed E-state index contributed by atoms with van der Waals surface area (Å²) in [7, 11) is 3.24. The van der Waals surface area contributed by atoms with Crippen molar-refractivity contribution in [3.8, 4) is 0 Å². The van der Waals surface area contributed by atoms with Crippen LogP contribution in [-0.4, -0.2) is 77.4 Å². The molecule has 2 saturated heterocycles. The average molecular weight is 558 g/mol. The molecule has 0 radical (unpaired) electrons. The van der Waals surface area contributed by atoms with E-state index in [1.807, 2.05) is 0 Å². The zero-order valence-corrected chi connectivity index (χ0v) is 21.6. The normalized spacial score (nSPS) is 22.4. The molecule has 4 rings (SSSR count). The lowest BCUT2D eigenvalue weighted by molar-refractivity contribution is -0.143. The number of rotatable bonds is 5. The van der Waals surface area contributed by atoms with E-state index in [9.17, 15) is 27.2 Å². The van der Waals surface area contributed by atoms with Crippen molar-refractivity contribution >= 4 is 40.7 Å². The lowest BCUT2D eigenvalue weighted by Gasteiger charge is -2.47. The molecule has 2 amide bonds. The van der Waals surface area contributed by atoms with Gasteiger partial charge >= 0.3 is 6.18 Å². The Morgan fingerprint density at radius 3 is 2.61 bits per heavy atom. The van der Waals surface area contributed by atoms with Crippen molar-refractivity contribution in [1.29, 1.82) is 0 Å². The van der Waals surface area contributed by atoms with Crippen molar-refractivity contribution in [1.82, 2.24) is 19.8 Å². The number of nitrogens with zero attached hydrogens (tertiary/aromatic N) is 5. The first-order chi connectivity index (χ1) is 17.9. The smallest absolute Gasteiger partial charge is 0.381 e. The van der Waals surface area contributed by atoms with Crippen LogP contribution in [0.3, 0.4) is 0 Å². The summed E-state index contributed by atoms with van der Waals surface area (Å²) in [6.07, 6.45) is -2.20. The van der Waals surface area contributed by atoms with Gasteiger partial charge in [-0.1, -0.05) is 11.6 Å². The predicted octanol–water partition coefficient (Wildman–Crippen LogP) is 3.26. The number of nitrogen functional groups attached to an aromatic ring is 1. The van der Waals surface area contributed by atoms with Gasteiger partial charge in [0.15, 0.2) is 11.6 Å². The van der Waals surface area contributed by atoms with Crippen LogP contribution < -0.4 is 16.0 Å². The molecule has 9 nitrogen and oxygen atoms in total. The fraction of sp³-hybridized carbons (Fsp3) is 0.500. The summed E-state index contributed by atoms with van der Waals surface area (Å²) in [5, 5.41) is 2.78. The summed E-state index contributed by atoms with van der Waals surface area (Å²) >= 11 is 5.91. The number of benzene rings is 1. The zero-order chi connectivity index (χ0) is 27.8. The molecule has 14 heteroatoms. The van der Waals surface area contributed by atoms with E-state index in [1.165, 1.54) is 11.0 Å². The first kappa shape index (κ1) is 27.7. The number of hydrogen-bond acceptors (Lipinski definition) is 7. The number of anilines is 3. The number of hydrogen-bond donors (Lipinski definition) is 2. The Bertz CT molecular complexity index is 1210.